The van der Waals surface area contributed by atoms with E-state index < -0.39 is 5.97 Å². The van der Waals surface area contributed by atoms with Crippen LogP contribution in [0.5, 0.6) is 11.5 Å². The van der Waals surface area contributed by atoms with Crippen LogP contribution in [0.25, 0.3) is 6.08 Å². The Hall–Kier alpha value is -1.88. The summed E-state index contributed by atoms with van der Waals surface area (Å²) in [6.07, 6.45) is 2.38. The van der Waals surface area contributed by atoms with Gasteiger partial charge in [0.25, 0.3) is 0 Å². The average Bonchev–Trinajstić information content (AvgIpc) is 2.53. The molecule has 0 amide bonds. The molecule has 0 bridgehead atoms. The summed E-state index contributed by atoms with van der Waals surface area (Å²) >= 11 is 18.1. The fourth-order valence-electron chi connectivity index (χ4n) is 1.91. The van der Waals surface area contributed by atoms with Gasteiger partial charge in [0.15, 0.2) is 11.5 Å². The molecule has 0 saturated heterocycles. The van der Waals surface area contributed by atoms with Crippen molar-refractivity contribution in [2.75, 3.05) is 7.11 Å². The number of halogens is 3. The molecule has 0 saturated carbocycles. The van der Waals surface area contributed by atoms with E-state index in [4.69, 9.17) is 49.4 Å². The lowest BCUT2D eigenvalue weighted by molar-refractivity contribution is -0.131. The molecule has 0 atom stereocenters. The number of hydrogen-bond acceptors (Lipinski definition) is 3. The molecular weight excluding hydrogens is 375 g/mol. The largest absolute Gasteiger partial charge is 0.493 e. The minimum atomic E-state index is -1.07. The third kappa shape index (κ3) is 4.81. The molecule has 2 aromatic carbocycles. The van der Waals surface area contributed by atoms with E-state index >= 15 is 0 Å². The van der Waals surface area contributed by atoms with Gasteiger partial charge in [0, 0.05) is 27.8 Å². The number of benzene rings is 2. The Kier molecular flexibility index (Phi) is 6.37. The number of carboxylic acid groups (broad SMARTS) is 1. The van der Waals surface area contributed by atoms with Gasteiger partial charge in [-0.05, 0) is 29.8 Å². The fourth-order valence-corrected chi connectivity index (χ4v) is 2.59. The van der Waals surface area contributed by atoms with Crippen LogP contribution in [0.15, 0.2) is 36.4 Å². The third-order valence-electron chi connectivity index (χ3n) is 3.09. The molecular formula is C17H13Cl3O4. The number of carboxylic acids is 1. The van der Waals surface area contributed by atoms with Crippen molar-refractivity contribution in [1.82, 2.24) is 0 Å². The molecule has 0 heterocycles. The predicted molar refractivity (Wildman–Crippen MR) is 95.5 cm³/mol. The zero-order chi connectivity index (χ0) is 17.7. The minimum absolute atomic E-state index is 0.201. The Morgan fingerprint density at radius 2 is 1.88 bits per heavy atom. The topological polar surface area (TPSA) is 55.8 Å². The summed E-state index contributed by atoms with van der Waals surface area (Å²) < 4.78 is 11.0. The van der Waals surface area contributed by atoms with Crippen molar-refractivity contribution >= 4 is 46.8 Å². The summed E-state index contributed by atoms with van der Waals surface area (Å²) in [6.45, 7) is 0.201. The molecule has 24 heavy (non-hydrogen) atoms. The van der Waals surface area contributed by atoms with E-state index in [2.05, 4.69) is 0 Å². The van der Waals surface area contributed by atoms with E-state index in [0.29, 0.717) is 32.1 Å². The average molecular weight is 388 g/mol. The molecule has 2 aromatic rings. The van der Waals surface area contributed by atoms with Crippen LogP contribution < -0.4 is 9.47 Å². The Labute approximate surface area is 154 Å². The molecule has 7 heteroatoms. The molecule has 0 aliphatic heterocycles. The first-order chi connectivity index (χ1) is 11.4. The maximum atomic E-state index is 10.6. The van der Waals surface area contributed by atoms with Gasteiger partial charge in [-0.25, -0.2) is 4.79 Å². The van der Waals surface area contributed by atoms with Crippen LogP contribution in [0.4, 0.5) is 0 Å². The van der Waals surface area contributed by atoms with E-state index in [9.17, 15) is 4.79 Å². The molecule has 0 aliphatic carbocycles. The molecule has 1 N–H and O–H groups in total. The van der Waals surface area contributed by atoms with Crippen molar-refractivity contribution in [2.45, 2.75) is 6.61 Å². The first kappa shape index (κ1) is 18.5. The van der Waals surface area contributed by atoms with E-state index in [1.807, 2.05) is 0 Å². The summed E-state index contributed by atoms with van der Waals surface area (Å²) in [5, 5.41) is 10.1. The van der Waals surface area contributed by atoms with E-state index in [0.717, 1.165) is 11.6 Å². The van der Waals surface area contributed by atoms with Crippen LogP contribution in [0, 0.1) is 0 Å². The smallest absolute Gasteiger partial charge is 0.328 e. The quantitative estimate of drug-likeness (QED) is 0.680. The Balaban J connectivity index is 2.23. The van der Waals surface area contributed by atoms with Gasteiger partial charge in [-0.1, -0.05) is 40.9 Å². The Bertz CT molecular complexity index is 788. The first-order valence-corrected chi connectivity index (χ1v) is 7.89. The summed E-state index contributed by atoms with van der Waals surface area (Å²) in [7, 11) is 1.48. The van der Waals surface area contributed by atoms with Gasteiger partial charge in [0.1, 0.15) is 6.61 Å². The van der Waals surface area contributed by atoms with Crippen LogP contribution >= 0.6 is 34.8 Å². The lowest BCUT2D eigenvalue weighted by Gasteiger charge is -2.13. The molecule has 0 aromatic heterocycles. The van der Waals surface area contributed by atoms with Crippen molar-refractivity contribution in [3.8, 4) is 11.5 Å². The third-order valence-corrected chi connectivity index (χ3v) is 4.00. The van der Waals surface area contributed by atoms with Gasteiger partial charge in [-0.3, -0.25) is 0 Å². The molecule has 126 valence electrons. The lowest BCUT2D eigenvalue weighted by Crippen LogP contribution is -1.99. The van der Waals surface area contributed by atoms with Crippen LogP contribution in [-0.4, -0.2) is 18.2 Å². The van der Waals surface area contributed by atoms with Crippen LogP contribution in [0.3, 0.4) is 0 Å². The summed E-state index contributed by atoms with van der Waals surface area (Å²) in [5.74, 6) is -0.224. The van der Waals surface area contributed by atoms with Gasteiger partial charge < -0.3 is 14.6 Å². The fraction of sp³-hybridized carbons (Fsp3) is 0.118. The Morgan fingerprint density at radius 3 is 2.50 bits per heavy atom. The Morgan fingerprint density at radius 1 is 1.12 bits per heavy atom. The minimum Gasteiger partial charge on any atom is -0.493 e. The summed E-state index contributed by atoms with van der Waals surface area (Å²) in [4.78, 5) is 10.6. The monoisotopic (exact) mass is 386 g/mol. The predicted octanol–water partition coefficient (Wildman–Crippen LogP) is 5.33. The molecule has 0 fully saturated rings. The van der Waals surface area contributed by atoms with Crippen molar-refractivity contribution in [2.24, 2.45) is 0 Å². The molecule has 0 spiro atoms. The van der Waals surface area contributed by atoms with Crippen molar-refractivity contribution in [3.63, 3.8) is 0 Å². The summed E-state index contributed by atoms with van der Waals surface area (Å²) in [5.41, 5.74) is 1.27. The summed E-state index contributed by atoms with van der Waals surface area (Å²) in [6, 6.07) is 8.27. The molecule has 0 radical (unpaired) electrons. The van der Waals surface area contributed by atoms with Crippen LogP contribution in [0.1, 0.15) is 11.1 Å². The normalized spacial score (nSPS) is 10.8. The van der Waals surface area contributed by atoms with E-state index in [-0.39, 0.29) is 6.61 Å². The number of carbonyl (C=O) groups is 1. The van der Waals surface area contributed by atoms with E-state index in [1.54, 1.807) is 30.3 Å². The van der Waals surface area contributed by atoms with E-state index in [1.165, 1.54) is 13.2 Å². The highest BCUT2D eigenvalue weighted by Gasteiger charge is 2.11. The van der Waals surface area contributed by atoms with Gasteiger partial charge in [-0.2, -0.15) is 0 Å². The van der Waals surface area contributed by atoms with Crippen LogP contribution in [0.2, 0.25) is 15.1 Å². The van der Waals surface area contributed by atoms with Gasteiger partial charge >= 0.3 is 5.97 Å². The molecule has 4 nitrogen and oxygen atoms in total. The maximum Gasteiger partial charge on any atom is 0.328 e. The van der Waals surface area contributed by atoms with Gasteiger partial charge in [-0.15, -0.1) is 0 Å². The van der Waals surface area contributed by atoms with Crippen LogP contribution in [-0.2, 0) is 11.4 Å². The second kappa shape index (κ2) is 8.29. The van der Waals surface area contributed by atoms with Crippen molar-refractivity contribution in [3.05, 3.63) is 62.6 Å². The zero-order valence-electron chi connectivity index (χ0n) is 12.6. The molecule has 2 rings (SSSR count). The number of methoxy groups -OCH3 is 1. The van der Waals surface area contributed by atoms with Gasteiger partial charge in [0.05, 0.1) is 12.1 Å². The highest BCUT2D eigenvalue weighted by atomic mass is 35.5. The molecule has 0 unspecified atom stereocenters. The highest BCUT2D eigenvalue weighted by molar-refractivity contribution is 6.35. The van der Waals surface area contributed by atoms with Gasteiger partial charge in [0.2, 0.25) is 0 Å². The first-order valence-electron chi connectivity index (χ1n) is 6.76. The number of rotatable bonds is 6. The molecule has 0 aliphatic rings. The second-order valence-electron chi connectivity index (χ2n) is 4.72. The number of aliphatic carboxylic acids is 1. The lowest BCUT2D eigenvalue weighted by atomic mass is 10.2. The highest BCUT2D eigenvalue weighted by Crippen LogP contribution is 2.35. The second-order valence-corrected chi connectivity index (χ2v) is 5.97. The van der Waals surface area contributed by atoms with Crippen molar-refractivity contribution < 1.29 is 19.4 Å². The number of hydrogen-bond donors (Lipinski definition) is 1. The SMILES string of the molecule is COc1cc(/C=C/C(=O)O)c(Cl)cc1OCc1ccc(Cl)cc1Cl. The van der Waals surface area contributed by atoms with Crippen molar-refractivity contribution in [1.29, 1.82) is 0 Å². The number of ether oxygens (including phenoxy) is 2. The maximum absolute atomic E-state index is 10.6. The standard InChI is InChI=1S/C17H13Cl3O4/c1-23-15-6-10(3-5-17(21)22)14(20)8-16(15)24-9-11-2-4-12(18)7-13(11)19/h2-8H,9H2,1H3,(H,21,22)/b5-3+. The zero-order valence-corrected chi connectivity index (χ0v) is 14.8.